The molecule has 0 fully saturated rings. The van der Waals surface area contributed by atoms with Crippen molar-refractivity contribution in [1.82, 2.24) is 0 Å². The van der Waals surface area contributed by atoms with Crippen molar-refractivity contribution in [2.75, 3.05) is 24.3 Å². The summed E-state index contributed by atoms with van der Waals surface area (Å²) in [7, 11) is -2.33. The minimum absolute atomic E-state index is 0.0483. The van der Waals surface area contributed by atoms with E-state index < -0.39 is 33.9 Å². The monoisotopic (exact) mass is 491 g/mol. The zero-order valence-corrected chi connectivity index (χ0v) is 18.4. The second-order valence-electron chi connectivity index (χ2n) is 7.30. The van der Waals surface area contributed by atoms with Gasteiger partial charge in [0, 0.05) is 24.7 Å². The van der Waals surface area contributed by atoms with Crippen LogP contribution in [0.3, 0.4) is 0 Å². The standard InChI is InChI=1S/C20H21BrF3NO3S/c1-20(23,24)8-7-13-11-25(15-5-3-14(22)4-6-15)17-9-16(21)18(28-2)10-19(17)29(26,27)12-13/h3-6,9-10,13H,7-8,11-12H2,1-2H3. The largest absolute Gasteiger partial charge is 0.496 e. The van der Waals surface area contributed by atoms with Crippen LogP contribution in [0.5, 0.6) is 5.75 Å². The van der Waals surface area contributed by atoms with Gasteiger partial charge in [-0.15, -0.1) is 0 Å². The van der Waals surface area contributed by atoms with Crippen molar-refractivity contribution in [3.05, 3.63) is 46.7 Å². The van der Waals surface area contributed by atoms with E-state index in [0.717, 1.165) is 6.92 Å². The van der Waals surface area contributed by atoms with E-state index in [1.165, 1.54) is 25.3 Å². The zero-order chi connectivity index (χ0) is 21.4. The molecule has 0 radical (unpaired) electrons. The molecule has 158 valence electrons. The summed E-state index contributed by atoms with van der Waals surface area (Å²) in [6, 6.07) is 8.71. The van der Waals surface area contributed by atoms with Gasteiger partial charge in [-0.05, 0) is 65.5 Å². The third-order valence-electron chi connectivity index (χ3n) is 4.89. The number of hydrogen-bond donors (Lipinski definition) is 0. The highest BCUT2D eigenvalue weighted by atomic mass is 79.9. The molecule has 0 N–H and O–H groups in total. The molecule has 1 unspecified atom stereocenters. The van der Waals surface area contributed by atoms with E-state index in [4.69, 9.17) is 4.74 Å². The molecule has 9 heteroatoms. The minimum Gasteiger partial charge on any atom is -0.496 e. The Hall–Kier alpha value is -1.74. The van der Waals surface area contributed by atoms with Gasteiger partial charge in [-0.25, -0.2) is 21.6 Å². The number of rotatable bonds is 5. The van der Waals surface area contributed by atoms with Crippen molar-refractivity contribution in [3.8, 4) is 5.75 Å². The second kappa shape index (κ2) is 8.18. The molecule has 4 nitrogen and oxygen atoms in total. The fourth-order valence-corrected chi connectivity index (χ4v) is 5.79. The molecule has 2 aromatic carbocycles. The van der Waals surface area contributed by atoms with Gasteiger partial charge in [-0.1, -0.05) is 0 Å². The number of anilines is 2. The summed E-state index contributed by atoms with van der Waals surface area (Å²) in [5.41, 5.74) is 0.977. The number of hydrogen-bond acceptors (Lipinski definition) is 4. The van der Waals surface area contributed by atoms with Gasteiger partial charge in [0.1, 0.15) is 11.6 Å². The molecule has 0 bridgehead atoms. The number of fused-ring (bicyclic) bond motifs is 1. The molecule has 0 aromatic heterocycles. The van der Waals surface area contributed by atoms with Gasteiger partial charge in [0.2, 0.25) is 5.92 Å². The van der Waals surface area contributed by atoms with Crippen LogP contribution in [0.4, 0.5) is 24.5 Å². The van der Waals surface area contributed by atoms with Crippen LogP contribution < -0.4 is 9.64 Å². The minimum atomic E-state index is -3.76. The molecule has 0 saturated carbocycles. The molecule has 3 rings (SSSR count). The van der Waals surface area contributed by atoms with Gasteiger partial charge in [-0.2, -0.15) is 0 Å². The summed E-state index contributed by atoms with van der Waals surface area (Å²) < 4.78 is 72.3. The van der Waals surface area contributed by atoms with Crippen LogP contribution in [0.1, 0.15) is 19.8 Å². The summed E-state index contributed by atoms with van der Waals surface area (Å²) in [5, 5.41) is 0. The smallest absolute Gasteiger partial charge is 0.245 e. The zero-order valence-electron chi connectivity index (χ0n) is 16.0. The average Bonchev–Trinajstić information content (AvgIpc) is 2.73. The first-order chi connectivity index (χ1) is 13.5. The van der Waals surface area contributed by atoms with Gasteiger partial charge in [0.25, 0.3) is 0 Å². The van der Waals surface area contributed by atoms with E-state index in [-0.39, 0.29) is 23.6 Å². The molecule has 0 aliphatic carbocycles. The van der Waals surface area contributed by atoms with E-state index in [1.54, 1.807) is 23.1 Å². The highest BCUT2D eigenvalue weighted by Gasteiger charge is 2.35. The Morgan fingerprint density at radius 3 is 2.48 bits per heavy atom. The first-order valence-electron chi connectivity index (χ1n) is 9.01. The lowest BCUT2D eigenvalue weighted by Gasteiger charge is -2.28. The maximum absolute atomic E-state index is 13.4. The Morgan fingerprint density at radius 1 is 1.24 bits per heavy atom. The maximum Gasteiger partial charge on any atom is 0.245 e. The first-order valence-corrected chi connectivity index (χ1v) is 11.5. The molecular formula is C20H21BrF3NO3S. The van der Waals surface area contributed by atoms with Crippen molar-refractivity contribution in [1.29, 1.82) is 0 Å². The summed E-state index contributed by atoms with van der Waals surface area (Å²) >= 11 is 3.38. The van der Waals surface area contributed by atoms with E-state index >= 15 is 0 Å². The predicted molar refractivity (Wildman–Crippen MR) is 109 cm³/mol. The van der Waals surface area contributed by atoms with Crippen molar-refractivity contribution >= 4 is 37.1 Å². The Labute approximate surface area is 176 Å². The molecule has 0 amide bonds. The fourth-order valence-electron chi connectivity index (χ4n) is 3.45. The number of ether oxygens (including phenoxy) is 1. The van der Waals surface area contributed by atoms with Gasteiger partial charge < -0.3 is 9.64 Å². The van der Waals surface area contributed by atoms with E-state index in [2.05, 4.69) is 15.9 Å². The van der Waals surface area contributed by atoms with Gasteiger partial charge in [-0.3, -0.25) is 0 Å². The van der Waals surface area contributed by atoms with Crippen LogP contribution in [0.25, 0.3) is 0 Å². The number of halogens is 4. The Morgan fingerprint density at radius 2 is 1.90 bits per heavy atom. The van der Waals surface area contributed by atoms with Crippen LogP contribution >= 0.6 is 15.9 Å². The Bertz CT molecular complexity index is 991. The fraction of sp³-hybridized carbons (Fsp3) is 0.400. The van der Waals surface area contributed by atoms with Crippen LogP contribution in [0.2, 0.25) is 0 Å². The van der Waals surface area contributed by atoms with Crippen LogP contribution in [0.15, 0.2) is 45.8 Å². The molecular weight excluding hydrogens is 471 g/mol. The van der Waals surface area contributed by atoms with E-state index in [0.29, 0.717) is 21.6 Å². The lowest BCUT2D eigenvalue weighted by molar-refractivity contribution is 0.00765. The molecule has 1 aliphatic heterocycles. The number of nitrogens with zero attached hydrogens (tertiary/aromatic N) is 1. The molecule has 2 aromatic rings. The molecule has 29 heavy (non-hydrogen) atoms. The van der Waals surface area contributed by atoms with Gasteiger partial charge >= 0.3 is 0 Å². The third kappa shape index (κ3) is 5.06. The van der Waals surface area contributed by atoms with Gasteiger partial charge in [0.05, 0.1) is 27.9 Å². The van der Waals surface area contributed by atoms with Crippen molar-refractivity contribution in [2.24, 2.45) is 5.92 Å². The Kier molecular flexibility index (Phi) is 6.19. The van der Waals surface area contributed by atoms with E-state index in [1.807, 2.05) is 0 Å². The lowest BCUT2D eigenvalue weighted by atomic mass is 10.0. The van der Waals surface area contributed by atoms with Gasteiger partial charge in [0.15, 0.2) is 9.84 Å². The second-order valence-corrected chi connectivity index (χ2v) is 10.2. The lowest BCUT2D eigenvalue weighted by Crippen LogP contribution is -2.27. The summed E-state index contributed by atoms with van der Waals surface area (Å²) in [5.74, 6) is -3.72. The Balaban J connectivity index is 2.12. The SMILES string of the molecule is COc1cc2c(cc1Br)N(c1ccc(F)cc1)CC(CCC(C)(F)F)CS2(=O)=O. The highest BCUT2D eigenvalue weighted by Crippen LogP contribution is 2.42. The van der Waals surface area contributed by atoms with Crippen LogP contribution in [-0.4, -0.2) is 33.7 Å². The normalized spacial score (nSPS) is 18.8. The summed E-state index contributed by atoms with van der Waals surface area (Å²) in [6.45, 7) is 1.04. The van der Waals surface area contributed by atoms with Crippen LogP contribution in [-0.2, 0) is 9.84 Å². The van der Waals surface area contributed by atoms with Crippen LogP contribution in [0, 0.1) is 11.7 Å². The van der Waals surface area contributed by atoms with Crippen molar-refractivity contribution in [2.45, 2.75) is 30.6 Å². The number of benzene rings is 2. The first kappa shape index (κ1) is 22.0. The molecule has 1 heterocycles. The number of methoxy groups -OCH3 is 1. The summed E-state index contributed by atoms with van der Waals surface area (Å²) in [4.78, 5) is 1.80. The number of alkyl halides is 2. The highest BCUT2D eigenvalue weighted by molar-refractivity contribution is 9.10. The van der Waals surface area contributed by atoms with Crippen molar-refractivity contribution in [3.63, 3.8) is 0 Å². The third-order valence-corrected chi connectivity index (χ3v) is 7.41. The molecule has 0 saturated heterocycles. The predicted octanol–water partition coefficient (Wildman–Crippen LogP) is 5.57. The maximum atomic E-state index is 13.4. The van der Waals surface area contributed by atoms with E-state index in [9.17, 15) is 21.6 Å². The quantitative estimate of drug-likeness (QED) is 0.548. The topological polar surface area (TPSA) is 46.6 Å². The molecule has 1 atom stereocenters. The summed E-state index contributed by atoms with van der Waals surface area (Å²) in [6.07, 6.45) is -0.361. The number of sulfone groups is 1. The van der Waals surface area contributed by atoms with Crippen molar-refractivity contribution < 1.29 is 26.3 Å². The molecule has 0 spiro atoms. The molecule has 1 aliphatic rings. The average molecular weight is 492 g/mol.